The van der Waals surface area contributed by atoms with E-state index in [9.17, 15) is 19.5 Å². The molecule has 0 saturated heterocycles. The molecule has 0 spiro atoms. The minimum absolute atomic E-state index is 0. The van der Waals surface area contributed by atoms with Crippen LogP contribution >= 0.6 is 0 Å². The van der Waals surface area contributed by atoms with E-state index in [0.29, 0.717) is 25.9 Å². The number of nitrogens with one attached hydrogen (secondary N) is 2. The Morgan fingerprint density at radius 3 is 2.32 bits per heavy atom. The van der Waals surface area contributed by atoms with Crippen LogP contribution in [0.25, 0.3) is 0 Å². The summed E-state index contributed by atoms with van der Waals surface area (Å²) in [7, 11) is 1.32. The Kier molecular flexibility index (Phi) is 15.0. The summed E-state index contributed by atoms with van der Waals surface area (Å²) in [6, 6.07) is 0. The van der Waals surface area contributed by atoms with Gasteiger partial charge in [0.1, 0.15) is 0 Å². The number of hydrogen-bond acceptors (Lipinski definition) is 6. The van der Waals surface area contributed by atoms with Crippen LogP contribution in [0.1, 0.15) is 25.7 Å². The topological polar surface area (TPSA) is 108 Å². The van der Waals surface area contributed by atoms with E-state index in [1.807, 2.05) is 0 Å². The molecule has 2 N–H and O–H groups in total. The fourth-order valence-electron chi connectivity index (χ4n) is 1.18. The molecule has 19 heavy (non-hydrogen) atoms. The molecule has 0 rings (SSSR count). The second-order valence-electron chi connectivity index (χ2n) is 3.68. The zero-order valence-corrected chi connectivity index (χ0v) is 13.5. The van der Waals surface area contributed by atoms with Crippen LogP contribution in [0.15, 0.2) is 0 Å². The van der Waals surface area contributed by atoms with E-state index in [-0.39, 0.29) is 60.8 Å². The van der Waals surface area contributed by atoms with Gasteiger partial charge in [-0.2, -0.15) is 0 Å². The van der Waals surface area contributed by atoms with Gasteiger partial charge in [0.2, 0.25) is 5.91 Å². The summed E-state index contributed by atoms with van der Waals surface area (Å²) in [5, 5.41) is 15.5. The zero-order chi connectivity index (χ0) is 13.8. The first-order chi connectivity index (χ1) is 8.56. The molecule has 0 fully saturated rings. The van der Waals surface area contributed by atoms with Crippen LogP contribution in [0, 0.1) is 0 Å². The van der Waals surface area contributed by atoms with Gasteiger partial charge in [0, 0.05) is 18.9 Å². The number of esters is 1. The quantitative estimate of drug-likeness (QED) is 0.236. The summed E-state index contributed by atoms with van der Waals surface area (Å²) < 4.78 is 4.45. The normalized spacial score (nSPS) is 9.32. The van der Waals surface area contributed by atoms with Gasteiger partial charge in [-0.05, 0) is 25.8 Å². The number of ether oxygens (including phenoxy) is 1. The van der Waals surface area contributed by atoms with E-state index in [1.165, 1.54) is 7.11 Å². The third-order valence-corrected chi connectivity index (χ3v) is 2.13. The molecule has 0 aromatic heterocycles. The van der Waals surface area contributed by atoms with Crippen LogP contribution in [0.4, 0.5) is 0 Å². The summed E-state index contributed by atoms with van der Waals surface area (Å²) in [5.41, 5.74) is 0. The molecule has 104 valence electrons. The Hall–Kier alpha value is -0.630. The van der Waals surface area contributed by atoms with Gasteiger partial charge >= 0.3 is 35.5 Å². The third kappa shape index (κ3) is 15.3. The molecule has 0 saturated carbocycles. The van der Waals surface area contributed by atoms with Crippen LogP contribution in [0.2, 0.25) is 0 Å². The van der Waals surface area contributed by atoms with Crippen molar-refractivity contribution in [1.82, 2.24) is 10.6 Å². The predicted molar refractivity (Wildman–Crippen MR) is 61.4 cm³/mol. The van der Waals surface area contributed by atoms with Crippen LogP contribution in [-0.2, 0) is 19.1 Å². The van der Waals surface area contributed by atoms with Crippen LogP contribution < -0.4 is 45.3 Å². The smallest absolute Gasteiger partial charge is 0.550 e. The van der Waals surface area contributed by atoms with Gasteiger partial charge in [-0.1, -0.05) is 0 Å². The van der Waals surface area contributed by atoms with E-state index in [0.717, 1.165) is 0 Å². The average molecular weight is 282 g/mol. The fraction of sp³-hybridized carbons (Fsp3) is 0.727. The molecular weight excluding hydrogens is 263 g/mol. The molecule has 0 aromatic carbocycles. The number of hydrogen-bond donors (Lipinski definition) is 2. The summed E-state index contributed by atoms with van der Waals surface area (Å²) >= 11 is 0. The standard InChI is InChI=1S/C11H20N2O5.Na/c1-18-11(17)5-3-7-13-9(14)8-12-6-2-4-10(15)16;/h12H,2-8H2,1H3,(H,13,14)(H,15,16);/q;+1/p-1. The first-order valence-corrected chi connectivity index (χ1v) is 5.80. The Bertz CT molecular complexity index is 286. The van der Waals surface area contributed by atoms with Crippen molar-refractivity contribution in [3.63, 3.8) is 0 Å². The van der Waals surface area contributed by atoms with Crippen LogP contribution in [0.5, 0.6) is 0 Å². The van der Waals surface area contributed by atoms with Gasteiger partial charge < -0.3 is 25.3 Å². The minimum atomic E-state index is -1.09. The van der Waals surface area contributed by atoms with Crippen molar-refractivity contribution in [2.24, 2.45) is 0 Å². The Labute approximate surface area is 134 Å². The van der Waals surface area contributed by atoms with Crippen molar-refractivity contribution in [2.45, 2.75) is 25.7 Å². The Morgan fingerprint density at radius 2 is 1.74 bits per heavy atom. The summed E-state index contributed by atoms with van der Waals surface area (Å²) in [6.07, 6.45) is 1.21. The zero-order valence-electron chi connectivity index (χ0n) is 11.5. The fourth-order valence-corrected chi connectivity index (χ4v) is 1.18. The van der Waals surface area contributed by atoms with Gasteiger partial charge in [-0.15, -0.1) is 0 Å². The molecule has 8 heteroatoms. The van der Waals surface area contributed by atoms with Crippen molar-refractivity contribution in [3.8, 4) is 0 Å². The van der Waals surface area contributed by atoms with Crippen molar-refractivity contribution in [2.75, 3.05) is 26.7 Å². The molecule has 0 aliphatic rings. The Balaban J connectivity index is 0. The number of carboxylic acids is 1. The molecule has 0 aliphatic carbocycles. The van der Waals surface area contributed by atoms with Crippen LogP contribution in [0.3, 0.4) is 0 Å². The minimum Gasteiger partial charge on any atom is -0.550 e. The molecular formula is C11H19N2NaO5. The summed E-state index contributed by atoms with van der Waals surface area (Å²) in [5.74, 6) is -1.58. The predicted octanol–water partition coefficient (Wildman–Crippen LogP) is -4.82. The van der Waals surface area contributed by atoms with E-state index >= 15 is 0 Å². The van der Waals surface area contributed by atoms with Gasteiger partial charge in [0.25, 0.3) is 0 Å². The van der Waals surface area contributed by atoms with Gasteiger partial charge in [0.05, 0.1) is 13.7 Å². The Morgan fingerprint density at radius 1 is 1.11 bits per heavy atom. The monoisotopic (exact) mass is 282 g/mol. The maximum absolute atomic E-state index is 11.2. The molecule has 7 nitrogen and oxygen atoms in total. The van der Waals surface area contributed by atoms with Gasteiger partial charge in [-0.25, -0.2) is 0 Å². The second-order valence-corrected chi connectivity index (χ2v) is 3.68. The van der Waals surface area contributed by atoms with E-state index < -0.39 is 5.97 Å². The van der Waals surface area contributed by atoms with Crippen molar-refractivity contribution >= 4 is 17.8 Å². The largest absolute Gasteiger partial charge is 1.00 e. The molecule has 0 heterocycles. The maximum atomic E-state index is 11.2. The average Bonchev–Trinajstić information content (AvgIpc) is 2.33. The number of rotatable bonds is 10. The van der Waals surface area contributed by atoms with Crippen LogP contribution in [-0.4, -0.2) is 44.6 Å². The number of carbonyl (C=O) groups excluding carboxylic acids is 3. The first kappa shape index (κ1) is 20.7. The number of carbonyl (C=O) groups is 3. The molecule has 0 aromatic rings. The molecule has 0 bridgehead atoms. The first-order valence-electron chi connectivity index (χ1n) is 5.80. The number of carboxylic acid groups (broad SMARTS) is 1. The number of methoxy groups -OCH3 is 1. The van der Waals surface area contributed by atoms with Gasteiger partial charge in [0.15, 0.2) is 0 Å². The third-order valence-electron chi connectivity index (χ3n) is 2.13. The maximum Gasteiger partial charge on any atom is 1.00 e. The molecule has 0 radical (unpaired) electrons. The SMILES string of the molecule is COC(=O)CCCNC(=O)CNCCCC(=O)[O-].[Na+]. The van der Waals surface area contributed by atoms with E-state index in [1.54, 1.807) is 0 Å². The molecule has 0 unspecified atom stereocenters. The summed E-state index contributed by atoms with van der Waals surface area (Å²) in [6.45, 7) is 0.990. The van der Waals surface area contributed by atoms with Crippen molar-refractivity contribution < 1.29 is 53.8 Å². The van der Waals surface area contributed by atoms with E-state index in [4.69, 9.17) is 0 Å². The molecule has 0 atom stereocenters. The van der Waals surface area contributed by atoms with Crippen molar-refractivity contribution in [1.29, 1.82) is 0 Å². The van der Waals surface area contributed by atoms with Gasteiger partial charge in [-0.3, -0.25) is 9.59 Å². The van der Waals surface area contributed by atoms with Crippen molar-refractivity contribution in [3.05, 3.63) is 0 Å². The summed E-state index contributed by atoms with van der Waals surface area (Å²) in [4.78, 5) is 32.1. The molecule has 0 aliphatic heterocycles. The van der Waals surface area contributed by atoms with E-state index in [2.05, 4.69) is 15.4 Å². The number of aliphatic carboxylic acids is 1. The molecule has 1 amide bonds. The number of amides is 1. The second kappa shape index (κ2) is 13.8.